The van der Waals surface area contributed by atoms with E-state index in [1.807, 2.05) is 6.07 Å². The van der Waals surface area contributed by atoms with Crippen LogP contribution in [-0.4, -0.2) is 28.5 Å². The summed E-state index contributed by atoms with van der Waals surface area (Å²) in [6, 6.07) is 10.5. The largest absolute Gasteiger partial charge is 0.481 e. The smallest absolute Gasteiger partial charge is 0.416 e. The van der Waals surface area contributed by atoms with Crippen LogP contribution in [0.3, 0.4) is 0 Å². The van der Waals surface area contributed by atoms with Gasteiger partial charge in [0.25, 0.3) is 5.91 Å². The van der Waals surface area contributed by atoms with Crippen LogP contribution in [-0.2, 0) is 17.4 Å². The van der Waals surface area contributed by atoms with Crippen LogP contribution in [0.5, 0.6) is 0 Å². The van der Waals surface area contributed by atoms with Crippen molar-refractivity contribution in [1.82, 2.24) is 10.3 Å². The van der Waals surface area contributed by atoms with E-state index in [0.29, 0.717) is 53.3 Å². The summed E-state index contributed by atoms with van der Waals surface area (Å²) in [7, 11) is 0. The Labute approximate surface area is 214 Å². The molecule has 6 nitrogen and oxygen atoms in total. The number of fused-ring (bicyclic) bond motifs is 2. The standard InChI is InChI=1S/C27H24ClF3N2O4/c28-19-5-6-23-16(8-19)10-21(37-23)12-20-9-17-7-18(27(29,30)31)11-22(24(17)33-20)25(34)32-13-14-1-3-15(4-2-14)26(35)36/h5-11,14-15,33H,1-4,12-13H2,(H,32,34)(H,35,36). The normalized spacial score (nSPS) is 18.4. The molecule has 0 bridgehead atoms. The molecule has 4 aromatic rings. The molecule has 3 N–H and O–H groups in total. The van der Waals surface area contributed by atoms with Crippen molar-refractivity contribution in [3.8, 4) is 0 Å². The lowest BCUT2D eigenvalue weighted by atomic mass is 9.82. The summed E-state index contributed by atoms with van der Waals surface area (Å²) in [5, 5.41) is 13.6. The summed E-state index contributed by atoms with van der Waals surface area (Å²) in [6.07, 6.45) is -1.99. The number of halogens is 4. The highest BCUT2D eigenvalue weighted by molar-refractivity contribution is 6.31. The van der Waals surface area contributed by atoms with Gasteiger partial charge in [0, 0.05) is 34.5 Å². The Morgan fingerprint density at radius 2 is 1.81 bits per heavy atom. The molecule has 194 valence electrons. The summed E-state index contributed by atoms with van der Waals surface area (Å²) >= 11 is 6.03. The average molecular weight is 533 g/mol. The molecule has 5 rings (SSSR count). The minimum atomic E-state index is -4.62. The van der Waals surface area contributed by atoms with E-state index in [-0.39, 0.29) is 35.8 Å². The minimum Gasteiger partial charge on any atom is -0.481 e. The van der Waals surface area contributed by atoms with Crippen molar-refractivity contribution < 1.29 is 32.3 Å². The van der Waals surface area contributed by atoms with Crippen molar-refractivity contribution in [3.63, 3.8) is 0 Å². The fraction of sp³-hybridized carbons (Fsp3) is 0.333. The Morgan fingerprint density at radius 1 is 1.05 bits per heavy atom. The number of aromatic amines is 1. The molecule has 0 radical (unpaired) electrons. The van der Waals surface area contributed by atoms with Crippen LogP contribution < -0.4 is 5.32 Å². The van der Waals surface area contributed by atoms with Crippen molar-refractivity contribution in [3.05, 3.63) is 70.1 Å². The summed E-state index contributed by atoms with van der Waals surface area (Å²) in [5.74, 6) is -1.12. The highest BCUT2D eigenvalue weighted by Crippen LogP contribution is 2.35. The molecule has 2 heterocycles. The van der Waals surface area contributed by atoms with Crippen molar-refractivity contribution in [1.29, 1.82) is 0 Å². The zero-order chi connectivity index (χ0) is 26.3. The number of benzene rings is 2. The molecule has 0 unspecified atom stereocenters. The quantitative estimate of drug-likeness (QED) is 0.254. The van der Waals surface area contributed by atoms with E-state index >= 15 is 0 Å². The van der Waals surface area contributed by atoms with E-state index in [0.717, 1.165) is 17.5 Å². The Bertz CT molecular complexity index is 1480. The summed E-state index contributed by atoms with van der Waals surface area (Å²) in [6.45, 7) is 0.276. The van der Waals surface area contributed by atoms with Crippen LogP contribution in [0.15, 0.2) is 46.9 Å². The third-order valence-corrected chi connectivity index (χ3v) is 7.23. The molecule has 0 atom stereocenters. The van der Waals surface area contributed by atoms with E-state index in [1.165, 1.54) is 0 Å². The zero-order valence-electron chi connectivity index (χ0n) is 19.6. The van der Waals surface area contributed by atoms with Crippen molar-refractivity contribution in [2.45, 2.75) is 38.3 Å². The van der Waals surface area contributed by atoms with Gasteiger partial charge < -0.3 is 19.8 Å². The van der Waals surface area contributed by atoms with Crippen LogP contribution in [0, 0.1) is 11.8 Å². The number of carbonyl (C=O) groups is 2. The molecule has 2 aromatic heterocycles. The van der Waals surface area contributed by atoms with E-state index in [1.54, 1.807) is 24.3 Å². The minimum absolute atomic E-state index is 0.0848. The predicted octanol–water partition coefficient (Wildman–Crippen LogP) is 6.80. The maximum atomic E-state index is 13.6. The second-order valence-electron chi connectivity index (χ2n) is 9.62. The van der Waals surface area contributed by atoms with Crippen LogP contribution in [0.4, 0.5) is 13.2 Å². The van der Waals surface area contributed by atoms with Gasteiger partial charge in [-0.2, -0.15) is 13.2 Å². The van der Waals surface area contributed by atoms with Gasteiger partial charge in [0.05, 0.1) is 22.6 Å². The Balaban J connectivity index is 1.39. The van der Waals surface area contributed by atoms with E-state index < -0.39 is 23.6 Å². The molecule has 1 amide bonds. The van der Waals surface area contributed by atoms with E-state index in [9.17, 15) is 22.8 Å². The molecular formula is C27H24ClF3N2O4. The number of H-pyrrole nitrogens is 1. The zero-order valence-corrected chi connectivity index (χ0v) is 20.4. The van der Waals surface area contributed by atoms with Crippen LogP contribution in [0.2, 0.25) is 5.02 Å². The number of hydrogen-bond donors (Lipinski definition) is 3. The predicted molar refractivity (Wildman–Crippen MR) is 133 cm³/mol. The number of aliphatic carboxylic acids is 1. The number of carboxylic acids is 1. The molecule has 37 heavy (non-hydrogen) atoms. The number of carboxylic acid groups (broad SMARTS) is 1. The lowest BCUT2D eigenvalue weighted by Crippen LogP contribution is -2.32. The molecule has 1 aliphatic rings. The van der Waals surface area contributed by atoms with Gasteiger partial charge in [0.15, 0.2) is 0 Å². The lowest BCUT2D eigenvalue weighted by molar-refractivity contribution is -0.143. The van der Waals surface area contributed by atoms with Gasteiger partial charge in [-0.05, 0) is 74.1 Å². The first kappa shape index (κ1) is 25.2. The molecule has 0 saturated heterocycles. The molecule has 0 spiro atoms. The van der Waals surface area contributed by atoms with Crippen LogP contribution in [0.25, 0.3) is 21.9 Å². The maximum absolute atomic E-state index is 13.6. The van der Waals surface area contributed by atoms with Gasteiger partial charge in [-0.1, -0.05) is 11.6 Å². The average Bonchev–Trinajstić information content (AvgIpc) is 3.44. The highest BCUT2D eigenvalue weighted by Gasteiger charge is 2.33. The van der Waals surface area contributed by atoms with Crippen LogP contribution in [0.1, 0.15) is 53.1 Å². The lowest BCUT2D eigenvalue weighted by Gasteiger charge is -2.26. The van der Waals surface area contributed by atoms with E-state index in [4.69, 9.17) is 21.1 Å². The van der Waals surface area contributed by atoms with Gasteiger partial charge in [-0.15, -0.1) is 0 Å². The monoisotopic (exact) mass is 532 g/mol. The molecule has 0 aliphatic heterocycles. The number of alkyl halides is 3. The number of amides is 1. The third kappa shape index (κ3) is 5.46. The van der Waals surface area contributed by atoms with Gasteiger partial charge in [-0.25, -0.2) is 0 Å². The molecule has 1 fully saturated rings. The number of rotatable bonds is 6. The highest BCUT2D eigenvalue weighted by atomic mass is 35.5. The summed E-state index contributed by atoms with van der Waals surface area (Å²) in [5.41, 5.74) is 0.560. The van der Waals surface area contributed by atoms with Gasteiger partial charge in [-0.3, -0.25) is 9.59 Å². The Hall–Kier alpha value is -3.46. The van der Waals surface area contributed by atoms with E-state index in [2.05, 4.69) is 10.3 Å². The van der Waals surface area contributed by atoms with Crippen molar-refractivity contribution >= 4 is 45.3 Å². The van der Waals surface area contributed by atoms with Crippen molar-refractivity contribution in [2.75, 3.05) is 6.54 Å². The van der Waals surface area contributed by atoms with Gasteiger partial charge in [0.1, 0.15) is 11.3 Å². The second-order valence-corrected chi connectivity index (χ2v) is 10.1. The Morgan fingerprint density at radius 3 is 2.51 bits per heavy atom. The molecule has 1 aliphatic carbocycles. The first-order valence-electron chi connectivity index (χ1n) is 12.0. The fourth-order valence-corrected chi connectivity index (χ4v) is 5.21. The summed E-state index contributed by atoms with van der Waals surface area (Å²) in [4.78, 5) is 27.3. The number of nitrogens with one attached hydrogen (secondary N) is 2. The number of carbonyl (C=O) groups excluding carboxylic acids is 1. The number of aromatic nitrogens is 1. The van der Waals surface area contributed by atoms with Crippen molar-refractivity contribution in [2.24, 2.45) is 11.8 Å². The number of hydrogen-bond acceptors (Lipinski definition) is 3. The molecule has 1 saturated carbocycles. The maximum Gasteiger partial charge on any atom is 0.416 e. The van der Waals surface area contributed by atoms with Crippen LogP contribution >= 0.6 is 11.6 Å². The second kappa shape index (κ2) is 9.78. The topological polar surface area (TPSA) is 95.3 Å². The SMILES string of the molecule is O=C(NCC1CCC(C(=O)O)CC1)c1cc(C(F)(F)F)cc2cc(Cc3cc4cc(Cl)ccc4o3)[nH]c12. The van der Waals surface area contributed by atoms with Gasteiger partial charge in [0.2, 0.25) is 0 Å². The first-order valence-corrected chi connectivity index (χ1v) is 12.4. The van der Waals surface area contributed by atoms with Gasteiger partial charge >= 0.3 is 12.1 Å². The summed E-state index contributed by atoms with van der Waals surface area (Å²) < 4.78 is 46.7. The third-order valence-electron chi connectivity index (χ3n) is 7.00. The Kier molecular flexibility index (Phi) is 6.66. The first-order chi connectivity index (χ1) is 17.6. The molecular weight excluding hydrogens is 509 g/mol. The molecule has 10 heteroatoms. The fourth-order valence-electron chi connectivity index (χ4n) is 5.03. The molecule has 2 aromatic carbocycles. The number of furan rings is 1.